The number of nitrogens with zero attached hydrogens (tertiary/aromatic N) is 3. The molecule has 3 N–H and O–H groups in total. The van der Waals surface area contributed by atoms with E-state index in [1.54, 1.807) is 24.5 Å². The number of thioether (sulfide) groups is 1. The van der Waals surface area contributed by atoms with Crippen LogP contribution in [0, 0.1) is 0 Å². The molecule has 8 nitrogen and oxygen atoms in total. The van der Waals surface area contributed by atoms with Gasteiger partial charge in [-0.1, -0.05) is 46.6 Å². The largest absolute Gasteiger partial charge is 0.411 e. The van der Waals surface area contributed by atoms with E-state index in [0.29, 0.717) is 5.89 Å². The quantitative estimate of drug-likeness (QED) is 0.291. The summed E-state index contributed by atoms with van der Waals surface area (Å²) < 4.78 is 3.43. The topological polar surface area (TPSA) is 113 Å². The summed E-state index contributed by atoms with van der Waals surface area (Å²) in [5.41, 5.74) is 5.07. The Morgan fingerprint density at radius 2 is 2.04 bits per heavy atom. The van der Waals surface area contributed by atoms with Crippen LogP contribution in [-0.2, 0) is 4.79 Å². The molecule has 0 radical (unpaired) electrons. The van der Waals surface area contributed by atoms with Crippen LogP contribution in [0.1, 0.15) is 0 Å². The van der Waals surface area contributed by atoms with Gasteiger partial charge in [0.15, 0.2) is 6.23 Å². The highest BCUT2D eigenvalue weighted by atomic mass is 35.6. The molecule has 2 aromatic heterocycles. The summed E-state index contributed by atoms with van der Waals surface area (Å²) in [6.07, 6.45) is 1.64. The predicted molar refractivity (Wildman–Crippen MR) is 85.8 cm³/mol. The van der Waals surface area contributed by atoms with E-state index in [-0.39, 0.29) is 11.0 Å². The fraction of sp³-hybridized carbons (Fsp3) is 0.273. The number of hydrazine groups is 1. The van der Waals surface area contributed by atoms with E-state index in [9.17, 15) is 9.90 Å². The highest BCUT2D eigenvalue weighted by molar-refractivity contribution is 7.99. The van der Waals surface area contributed by atoms with Crippen molar-refractivity contribution in [2.45, 2.75) is 15.2 Å². The first-order valence-electron chi connectivity index (χ1n) is 6.02. The number of hydrogen-bond donors (Lipinski definition) is 3. The maximum atomic E-state index is 11.6. The fourth-order valence-electron chi connectivity index (χ4n) is 1.27. The molecule has 0 aliphatic carbocycles. The van der Waals surface area contributed by atoms with E-state index in [2.05, 4.69) is 26.0 Å². The van der Waals surface area contributed by atoms with Crippen molar-refractivity contribution in [3.05, 3.63) is 24.5 Å². The van der Waals surface area contributed by atoms with Crippen molar-refractivity contribution < 1.29 is 14.3 Å². The molecule has 12 heteroatoms. The van der Waals surface area contributed by atoms with Crippen LogP contribution in [0.15, 0.2) is 34.2 Å². The molecule has 2 rings (SSSR count). The minimum atomic E-state index is -1.97. The van der Waals surface area contributed by atoms with Crippen LogP contribution in [0.3, 0.4) is 0 Å². The fourth-order valence-corrected chi connectivity index (χ4v) is 2.00. The number of nitrogens with one attached hydrogen (secondary N) is 2. The zero-order valence-electron chi connectivity index (χ0n) is 11.2. The number of aromatic nitrogens is 3. The van der Waals surface area contributed by atoms with Gasteiger partial charge < -0.3 is 9.52 Å². The molecular formula is C11H10Cl3N5O3S. The monoisotopic (exact) mass is 397 g/mol. The van der Waals surface area contributed by atoms with Gasteiger partial charge in [0, 0.05) is 18.0 Å². The Kier molecular flexibility index (Phi) is 6.45. The molecule has 1 amide bonds. The van der Waals surface area contributed by atoms with E-state index in [4.69, 9.17) is 39.2 Å². The molecule has 2 aromatic rings. The van der Waals surface area contributed by atoms with Crippen molar-refractivity contribution in [1.82, 2.24) is 26.0 Å². The first kappa shape index (κ1) is 18.2. The van der Waals surface area contributed by atoms with Gasteiger partial charge in [0.25, 0.3) is 5.22 Å². The van der Waals surface area contributed by atoms with Gasteiger partial charge in [-0.05, 0) is 12.1 Å². The van der Waals surface area contributed by atoms with Gasteiger partial charge in [0.05, 0.1) is 5.75 Å². The molecule has 0 aromatic carbocycles. The van der Waals surface area contributed by atoms with E-state index >= 15 is 0 Å². The zero-order chi connectivity index (χ0) is 16.9. The van der Waals surface area contributed by atoms with Crippen molar-refractivity contribution in [1.29, 1.82) is 0 Å². The molecule has 1 unspecified atom stereocenters. The van der Waals surface area contributed by atoms with Crippen molar-refractivity contribution in [3.63, 3.8) is 0 Å². The molecule has 0 spiro atoms. The first-order valence-corrected chi connectivity index (χ1v) is 8.14. The Morgan fingerprint density at radius 3 is 2.70 bits per heavy atom. The molecule has 0 saturated heterocycles. The van der Waals surface area contributed by atoms with Gasteiger partial charge in [-0.3, -0.25) is 15.2 Å². The molecule has 0 aliphatic rings. The second kappa shape index (κ2) is 8.13. The summed E-state index contributed by atoms with van der Waals surface area (Å²) in [5, 5.41) is 17.3. The van der Waals surface area contributed by atoms with Gasteiger partial charge in [-0.25, -0.2) is 5.43 Å². The average molecular weight is 399 g/mol. The molecule has 2 heterocycles. The normalized spacial score (nSPS) is 12.9. The third kappa shape index (κ3) is 5.79. The zero-order valence-corrected chi connectivity index (χ0v) is 14.3. The lowest BCUT2D eigenvalue weighted by Crippen LogP contribution is -2.50. The second-order valence-corrected chi connectivity index (χ2v) is 7.33. The smallest absolute Gasteiger partial charge is 0.277 e. The maximum absolute atomic E-state index is 11.6. The van der Waals surface area contributed by atoms with E-state index in [1.807, 2.05) is 0 Å². The van der Waals surface area contributed by atoms with Crippen molar-refractivity contribution in [2.75, 3.05) is 5.75 Å². The molecule has 1 atom stereocenters. The number of aliphatic hydroxyl groups is 1. The van der Waals surface area contributed by atoms with Gasteiger partial charge in [0.2, 0.25) is 15.6 Å². The first-order chi connectivity index (χ1) is 10.9. The lowest BCUT2D eigenvalue weighted by Gasteiger charge is -2.20. The number of pyridine rings is 1. The van der Waals surface area contributed by atoms with E-state index < -0.39 is 15.9 Å². The van der Waals surface area contributed by atoms with E-state index in [1.165, 1.54) is 0 Å². The summed E-state index contributed by atoms with van der Waals surface area (Å²) in [7, 11) is 0. The number of rotatable bonds is 6. The summed E-state index contributed by atoms with van der Waals surface area (Å²) >= 11 is 17.3. The second-order valence-electron chi connectivity index (χ2n) is 4.03. The number of aliphatic hydroxyl groups excluding tert-OH is 1. The molecule has 0 aliphatic heterocycles. The minimum Gasteiger partial charge on any atom is -0.411 e. The number of alkyl halides is 3. The SMILES string of the molecule is O=C(CSc1nnc(-c2ccncc2)o1)NNC(O)C(Cl)(Cl)Cl. The lowest BCUT2D eigenvalue weighted by atomic mass is 10.3. The highest BCUT2D eigenvalue weighted by Crippen LogP contribution is 2.28. The van der Waals surface area contributed by atoms with Crippen molar-refractivity contribution in [3.8, 4) is 11.5 Å². The van der Waals surface area contributed by atoms with Crippen LogP contribution >= 0.6 is 46.6 Å². The Bertz CT molecular complexity index is 652. The number of halogens is 3. The number of amides is 1. The van der Waals surface area contributed by atoms with Crippen LogP contribution in [0.5, 0.6) is 0 Å². The maximum Gasteiger partial charge on any atom is 0.277 e. The van der Waals surface area contributed by atoms with Gasteiger partial charge >= 0.3 is 0 Å². The summed E-state index contributed by atoms with van der Waals surface area (Å²) in [4.78, 5) is 15.5. The minimum absolute atomic E-state index is 0.0441. The molecule has 23 heavy (non-hydrogen) atoms. The van der Waals surface area contributed by atoms with Crippen LogP contribution in [0.2, 0.25) is 0 Å². The molecule has 124 valence electrons. The summed E-state index contributed by atoms with van der Waals surface area (Å²) in [5.74, 6) is -0.204. The Labute approximate surface area is 149 Å². The average Bonchev–Trinajstić information content (AvgIpc) is 2.99. The highest BCUT2D eigenvalue weighted by Gasteiger charge is 2.30. The number of carbonyl (C=O) groups excluding carboxylic acids is 1. The Hall–Kier alpha value is -1.10. The van der Waals surface area contributed by atoms with Gasteiger partial charge in [0.1, 0.15) is 0 Å². The molecule has 0 fully saturated rings. The number of hydrogen-bond acceptors (Lipinski definition) is 8. The predicted octanol–water partition coefficient (Wildman–Crippen LogP) is 1.53. The number of carbonyl (C=O) groups is 1. The van der Waals surface area contributed by atoms with E-state index in [0.717, 1.165) is 17.3 Å². The van der Waals surface area contributed by atoms with Crippen LogP contribution in [0.4, 0.5) is 0 Å². The van der Waals surface area contributed by atoms with Gasteiger partial charge in [-0.15, -0.1) is 10.2 Å². The third-order valence-corrected chi connectivity index (χ3v) is 3.76. The van der Waals surface area contributed by atoms with Crippen LogP contribution in [-0.4, -0.2) is 42.0 Å². The Morgan fingerprint density at radius 1 is 1.35 bits per heavy atom. The van der Waals surface area contributed by atoms with Gasteiger partial charge in [-0.2, -0.15) is 0 Å². The molecule has 0 saturated carbocycles. The third-order valence-electron chi connectivity index (χ3n) is 2.32. The van der Waals surface area contributed by atoms with Crippen LogP contribution in [0.25, 0.3) is 11.5 Å². The lowest BCUT2D eigenvalue weighted by molar-refractivity contribution is -0.120. The van der Waals surface area contributed by atoms with Crippen molar-refractivity contribution in [2.24, 2.45) is 0 Å². The summed E-state index contributed by atoms with van der Waals surface area (Å²) in [6, 6.07) is 3.44. The molecular weight excluding hydrogens is 389 g/mol. The summed E-state index contributed by atoms with van der Waals surface area (Å²) in [6.45, 7) is 0. The standard InChI is InChI=1S/C11H10Cl3N5O3S/c12-11(13,14)9(21)18-16-7(20)5-23-10-19-17-8(22-10)6-1-3-15-4-2-6/h1-4,9,18,21H,5H2,(H,16,20). The molecule has 0 bridgehead atoms. The Balaban J connectivity index is 1.80. The van der Waals surface area contributed by atoms with Crippen molar-refractivity contribution >= 4 is 52.5 Å². The van der Waals surface area contributed by atoms with Crippen LogP contribution < -0.4 is 10.9 Å².